The number of nitrogens with zero attached hydrogens (tertiary/aromatic N) is 4. The maximum Gasteiger partial charge on any atom is 0.165 e. The van der Waals surface area contributed by atoms with E-state index in [0.29, 0.717) is 23.2 Å². The van der Waals surface area contributed by atoms with Gasteiger partial charge < -0.3 is 20.5 Å². The quantitative estimate of drug-likeness (QED) is 0.683. The van der Waals surface area contributed by atoms with Gasteiger partial charge in [-0.2, -0.15) is 0 Å². The highest BCUT2D eigenvalue weighted by Gasteiger charge is 2.42. The zero-order valence-electron chi connectivity index (χ0n) is 11.2. The molecule has 1 saturated carbocycles. The number of hydrogen-bond donors (Lipinski definition) is 3. The molecule has 2 heterocycles. The van der Waals surface area contributed by atoms with E-state index in [9.17, 15) is 14.6 Å². The SMILES string of the molecule is C=C1CC(n2cnc3c(N)ncnc32)C(F)C(O)C1CO. The molecule has 2 aromatic rings. The second-order valence-corrected chi connectivity index (χ2v) is 5.24. The highest BCUT2D eigenvalue weighted by Crippen LogP contribution is 2.38. The van der Waals surface area contributed by atoms with E-state index in [1.807, 2.05) is 0 Å². The molecule has 8 heteroatoms. The highest BCUT2D eigenvalue weighted by atomic mass is 19.1. The molecule has 2 aromatic heterocycles. The summed E-state index contributed by atoms with van der Waals surface area (Å²) in [5, 5.41) is 19.2. The van der Waals surface area contributed by atoms with Gasteiger partial charge in [-0.15, -0.1) is 0 Å². The lowest BCUT2D eigenvalue weighted by Crippen LogP contribution is -2.44. The summed E-state index contributed by atoms with van der Waals surface area (Å²) in [6, 6.07) is -0.686. The summed E-state index contributed by atoms with van der Waals surface area (Å²) in [4.78, 5) is 12.0. The Balaban J connectivity index is 2.03. The summed E-state index contributed by atoms with van der Waals surface area (Å²) in [6.45, 7) is 3.50. The molecule has 0 aromatic carbocycles. The predicted octanol–water partition coefficient (Wildman–Crippen LogP) is 0.217. The van der Waals surface area contributed by atoms with Gasteiger partial charge in [0.05, 0.1) is 25.1 Å². The van der Waals surface area contributed by atoms with Crippen LogP contribution in [0.15, 0.2) is 24.8 Å². The molecule has 0 bridgehead atoms. The largest absolute Gasteiger partial charge is 0.396 e. The van der Waals surface area contributed by atoms with E-state index < -0.39 is 24.2 Å². The number of anilines is 1. The van der Waals surface area contributed by atoms with Crippen LogP contribution in [0.5, 0.6) is 0 Å². The Labute approximate surface area is 120 Å². The van der Waals surface area contributed by atoms with Gasteiger partial charge >= 0.3 is 0 Å². The number of aromatic nitrogens is 4. The Morgan fingerprint density at radius 2 is 2.19 bits per heavy atom. The molecular formula is C13H16FN5O2. The molecule has 4 unspecified atom stereocenters. The fourth-order valence-corrected chi connectivity index (χ4v) is 2.83. The zero-order chi connectivity index (χ0) is 15.1. The lowest BCUT2D eigenvalue weighted by molar-refractivity contribution is -0.0208. The van der Waals surface area contributed by atoms with Gasteiger partial charge in [-0.05, 0) is 6.42 Å². The number of alkyl halides is 1. The molecule has 0 amide bonds. The number of hydrogen-bond acceptors (Lipinski definition) is 6. The van der Waals surface area contributed by atoms with Gasteiger partial charge in [0, 0.05) is 5.92 Å². The lowest BCUT2D eigenvalue weighted by Gasteiger charge is -2.37. The molecule has 0 saturated heterocycles. The second kappa shape index (κ2) is 5.05. The van der Waals surface area contributed by atoms with E-state index in [-0.39, 0.29) is 12.4 Å². The molecule has 3 rings (SSSR count). The Hall–Kier alpha value is -2.06. The molecule has 4 atom stereocenters. The molecule has 4 N–H and O–H groups in total. The number of nitrogens with two attached hydrogens (primary N) is 1. The smallest absolute Gasteiger partial charge is 0.165 e. The third kappa shape index (κ3) is 2.07. The van der Waals surface area contributed by atoms with Gasteiger partial charge in [0.2, 0.25) is 0 Å². The number of imidazole rings is 1. The van der Waals surface area contributed by atoms with E-state index >= 15 is 0 Å². The van der Waals surface area contributed by atoms with Gasteiger partial charge in [-0.1, -0.05) is 12.2 Å². The first-order chi connectivity index (χ1) is 10.0. The summed E-state index contributed by atoms with van der Waals surface area (Å²) in [5.74, 6) is -0.427. The molecule has 0 spiro atoms. The van der Waals surface area contributed by atoms with Crippen molar-refractivity contribution in [2.45, 2.75) is 24.7 Å². The van der Waals surface area contributed by atoms with Crippen molar-refractivity contribution in [1.29, 1.82) is 0 Å². The first-order valence-corrected chi connectivity index (χ1v) is 6.58. The second-order valence-electron chi connectivity index (χ2n) is 5.24. The van der Waals surface area contributed by atoms with Crippen molar-refractivity contribution in [2.24, 2.45) is 5.92 Å². The van der Waals surface area contributed by atoms with Crippen LogP contribution in [0.4, 0.5) is 10.2 Å². The van der Waals surface area contributed by atoms with Crippen molar-refractivity contribution in [3.8, 4) is 0 Å². The van der Waals surface area contributed by atoms with Crippen LogP contribution >= 0.6 is 0 Å². The lowest BCUT2D eigenvalue weighted by atomic mass is 9.79. The Morgan fingerprint density at radius 3 is 2.90 bits per heavy atom. The van der Waals surface area contributed by atoms with Crippen molar-refractivity contribution in [3.63, 3.8) is 0 Å². The molecular weight excluding hydrogens is 277 g/mol. The average molecular weight is 293 g/mol. The van der Waals surface area contributed by atoms with Crippen molar-refractivity contribution >= 4 is 17.0 Å². The van der Waals surface area contributed by atoms with Gasteiger partial charge in [0.1, 0.15) is 18.0 Å². The van der Waals surface area contributed by atoms with Gasteiger partial charge in [-0.25, -0.2) is 19.3 Å². The van der Waals surface area contributed by atoms with E-state index in [1.54, 1.807) is 4.57 Å². The zero-order valence-corrected chi connectivity index (χ0v) is 11.2. The number of rotatable bonds is 2. The molecule has 112 valence electrons. The van der Waals surface area contributed by atoms with Crippen LogP contribution in [-0.4, -0.2) is 48.6 Å². The number of aliphatic hydroxyl groups is 2. The summed E-state index contributed by atoms with van der Waals surface area (Å²) < 4.78 is 16.1. The number of fused-ring (bicyclic) bond motifs is 1. The topological polar surface area (TPSA) is 110 Å². The average Bonchev–Trinajstić information content (AvgIpc) is 2.89. The van der Waals surface area contributed by atoms with Crippen molar-refractivity contribution in [2.75, 3.05) is 12.3 Å². The van der Waals surface area contributed by atoms with Gasteiger partial charge in [0.25, 0.3) is 0 Å². The highest BCUT2D eigenvalue weighted by molar-refractivity contribution is 5.81. The minimum atomic E-state index is -1.55. The first-order valence-electron chi connectivity index (χ1n) is 6.58. The molecule has 0 aliphatic heterocycles. The van der Waals surface area contributed by atoms with Crippen LogP contribution in [0, 0.1) is 5.92 Å². The molecule has 1 aliphatic rings. The maximum atomic E-state index is 14.5. The normalized spacial score (nSPS) is 30.0. The first kappa shape index (κ1) is 13.9. The van der Waals surface area contributed by atoms with Gasteiger partial charge in [0.15, 0.2) is 11.5 Å². The predicted molar refractivity (Wildman–Crippen MR) is 74.0 cm³/mol. The fraction of sp³-hybridized carbons (Fsp3) is 0.462. The number of halogens is 1. The van der Waals surface area contributed by atoms with Crippen LogP contribution < -0.4 is 5.73 Å². The summed E-state index contributed by atoms with van der Waals surface area (Å²) in [6.07, 6.45) is 0.151. The number of aliphatic hydroxyl groups excluding tert-OH is 2. The van der Waals surface area contributed by atoms with E-state index in [4.69, 9.17) is 5.73 Å². The van der Waals surface area contributed by atoms with E-state index in [1.165, 1.54) is 12.7 Å². The van der Waals surface area contributed by atoms with Crippen LogP contribution in [0.25, 0.3) is 11.2 Å². The Morgan fingerprint density at radius 1 is 1.43 bits per heavy atom. The van der Waals surface area contributed by atoms with Crippen molar-refractivity contribution < 1.29 is 14.6 Å². The van der Waals surface area contributed by atoms with E-state index in [2.05, 4.69) is 21.5 Å². The fourth-order valence-electron chi connectivity index (χ4n) is 2.83. The number of nitrogen functional groups attached to an aromatic ring is 1. The monoisotopic (exact) mass is 293 g/mol. The standard InChI is InChI=1S/C13H16FN5O2/c1-6-2-8(9(14)11(21)7(6)3-20)19-5-18-10-12(15)16-4-17-13(10)19/h4-5,7-9,11,20-21H,1-3H2,(H2,15,16,17). The maximum absolute atomic E-state index is 14.5. The summed E-state index contributed by atoms with van der Waals surface area (Å²) in [5.41, 5.74) is 7.13. The third-order valence-corrected chi connectivity index (χ3v) is 4.04. The minimum absolute atomic E-state index is 0.220. The van der Waals surface area contributed by atoms with Crippen LogP contribution in [0.3, 0.4) is 0 Å². The Kier molecular flexibility index (Phi) is 3.34. The van der Waals surface area contributed by atoms with Crippen LogP contribution in [0.1, 0.15) is 12.5 Å². The van der Waals surface area contributed by atoms with Crippen molar-refractivity contribution in [1.82, 2.24) is 19.5 Å². The van der Waals surface area contributed by atoms with E-state index in [0.717, 1.165) is 0 Å². The molecule has 1 fully saturated rings. The summed E-state index contributed by atoms with van der Waals surface area (Å²) in [7, 11) is 0. The van der Waals surface area contributed by atoms with Crippen LogP contribution in [-0.2, 0) is 0 Å². The third-order valence-electron chi connectivity index (χ3n) is 4.04. The molecule has 7 nitrogen and oxygen atoms in total. The van der Waals surface area contributed by atoms with Crippen LogP contribution in [0.2, 0.25) is 0 Å². The molecule has 1 aliphatic carbocycles. The van der Waals surface area contributed by atoms with Gasteiger partial charge in [-0.3, -0.25) is 0 Å². The van der Waals surface area contributed by atoms with Crippen molar-refractivity contribution in [3.05, 3.63) is 24.8 Å². The molecule has 0 radical (unpaired) electrons. The summed E-state index contributed by atoms with van der Waals surface area (Å²) >= 11 is 0. The minimum Gasteiger partial charge on any atom is -0.396 e. The molecule has 21 heavy (non-hydrogen) atoms. The Bertz CT molecular complexity index is 688.